The molecule has 21 heavy (non-hydrogen) atoms. The first kappa shape index (κ1) is 14.8. The van der Waals surface area contributed by atoms with Gasteiger partial charge in [0.15, 0.2) is 5.69 Å². The zero-order chi connectivity index (χ0) is 15.2. The Kier molecular flexibility index (Phi) is 4.75. The Labute approximate surface area is 129 Å². The molecule has 0 unspecified atom stereocenters. The summed E-state index contributed by atoms with van der Waals surface area (Å²) in [6.07, 6.45) is 0. The number of hydrogen-bond acceptors (Lipinski definition) is 3. The molecule has 0 radical (unpaired) electrons. The van der Waals surface area contributed by atoms with Crippen molar-refractivity contribution in [3.63, 3.8) is 0 Å². The second-order valence-corrected chi connectivity index (χ2v) is 4.62. The molecule has 0 spiro atoms. The molecule has 0 aliphatic carbocycles. The van der Waals surface area contributed by atoms with Gasteiger partial charge in [-0.05, 0) is 36.4 Å². The third-order valence-corrected chi connectivity index (χ3v) is 3.20. The molecule has 0 aromatic heterocycles. The second-order valence-electron chi connectivity index (χ2n) is 4.21. The molecule has 0 saturated carbocycles. The van der Waals surface area contributed by atoms with Crippen molar-refractivity contribution in [2.24, 2.45) is 0 Å². The van der Waals surface area contributed by atoms with Crippen LogP contribution in [0.15, 0.2) is 42.5 Å². The number of nitrogens with one attached hydrogen (secondary N) is 1. The Morgan fingerprint density at radius 3 is 2.29 bits per heavy atom. The molecule has 0 bridgehead atoms. The molecule has 2 aromatic rings. The van der Waals surface area contributed by atoms with Gasteiger partial charge in [-0.1, -0.05) is 12.2 Å². The van der Waals surface area contributed by atoms with Crippen molar-refractivity contribution in [3.8, 4) is 11.5 Å². The number of methoxy groups -OCH3 is 2. The Hall–Kier alpha value is -2.58. The van der Waals surface area contributed by atoms with E-state index in [9.17, 15) is 0 Å². The van der Waals surface area contributed by atoms with Gasteiger partial charge in [-0.15, -0.1) is 0 Å². The average molecular weight is 298 g/mol. The van der Waals surface area contributed by atoms with Gasteiger partial charge in [0.05, 0.1) is 20.8 Å². The molecular formula is C16H14N2O2S. The van der Waals surface area contributed by atoms with Crippen LogP contribution in [0.25, 0.3) is 4.85 Å². The summed E-state index contributed by atoms with van der Waals surface area (Å²) in [5.74, 6) is 1.39. The minimum atomic E-state index is 0.495. The van der Waals surface area contributed by atoms with Gasteiger partial charge in [-0.3, -0.25) is 0 Å². The highest BCUT2D eigenvalue weighted by Gasteiger charge is 2.05. The van der Waals surface area contributed by atoms with E-state index < -0.39 is 0 Å². The molecule has 0 aliphatic heterocycles. The lowest BCUT2D eigenvalue weighted by Crippen LogP contribution is -2.10. The van der Waals surface area contributed by atoms with E-state index in [1.54, 1.807) is 32.4 Å². The summed E-state index contributed by atoms with van der Waals surface area (Å²) in [6.45, 7) is 7.10. The number of nitrogens with zero attached hydrogens (tertiary/aromatic N) is 1. The summed E-state index contributed by atoms with van der Waals surface area (Å²) in [5.41, 5.74) is 2.09. The predicted molar refractivity (Wildman–Crippen MR) is 87.6 cm³/mol. The standard InChI is InChI=1S/C16H14N2O2S/c1-17-12-8-13(10-15(9-12)20-3)18-16(21)11-4-6-14(19-2)7-5-11/h4-10H,2-3H3,(H,18,21). The van der Waals surface area contributed by atoms with Gasteiger partial charge in [0.2, 0.25) is 0 Å². The van der Waals surface area contributed by atoms with E-state index >= 15 is 0 Å². The third kappa shape index (κ3) is 3.71. The predicted octanol–water partition coefficient (Wildman–Crippen LogP) is 4.04. The maximum absolute atomic E-state index is 7.10. The van der Waals surface area contributed by atoms with Gasteiger partial charge in [0, 0.05) is 17.3 Å². The van der Waals surface area contributed by atoms with E-state index in [2.05, 4.69) is 10.2 Å². The highest BCUT2D eigenvalue weighted by molar-refractivity contribution is 7.81. The summed E-state index contributed by atoms with van der Waals surface area (Å²) in [6, 6.07) is 12.7. The van der Waals surface area contributed by atoms with Crippen molar-refractivity contribution in [2.45, 2.75) is 0 Å². The molecule has 0 aliphatic rings. The van der Waals surface area contributed by atoms with Gasteiger partial charge in [0.25, 0.3) is 0 Å². The van der Waals surface area contributed by atoms with Crippen LogP contribution in [-0.4, -0.2) is 19.2 Å². The Morgan fingerprint density at radius 2 is 1.71 bits per heavy atom. The molecule has 0 amide bonds. The Bertz CT molecular complexity index is 690. The molecule has 2 aromatic carbocycles. The normalized spacial score (nSPS) is 9.57. The second kappa shape index (κ2) is 6.73. The van der Waals surface area contributed by atoms with Crippen LogP contribution in [0.3, 0.4) is 0 Å². The molecule has 106 valence electrons. The number of anilines is 1. The minimum Gasteiger partial charge on any atom is -0.498 e. The fourth-order valence-corrected chi connectivity index (χ4v) is 2.04. The fraction of sp³-hybridized carbons (Fsp3) is 0.125. The number of thiocarbonyl (C=S) groups is 1. The molecule has 0 heterocycles. The monoisotopic (exact) mass is 298 g/mol. The zero-order valence-corrected chi connectivity index (χ0v) is 12.5. The lowest BCUT2D eigenvalue weighted by atomic mass is 10.2. The van der Waals surface area contributed by atoms with Crippen LogP contribution >= 0.6 is 12.2 Å². The van der Waals surface area contributed by atoms with E-state index in [1.165, 1.54) is 0 Å². The van der Waals surface area contributed by atoms with Gasteiger partial charge < -0.3 is 14.8 Å². The minimum absolute atomic E-state index is 0.495. The third-order valence-electron chi connectivity index (χ3n) is 2.87. The van der Waals surface area contributed by atoms with Crippen molar-refractivity contribution in [3.05, 3.63) is 59.4 Å². The molecule has 0 saturated heterocycles. The van der Waals surface area contributed by atoms with Crippen LogP contribution in [0.1, 0.15) is 5.56 Å². The van der Waals surface area contributed by atoms with E-state index in [0.717, 1.165) is 17.0 Å². The van der Waals surface area contributed by atoms with E-state index in [4.69, 9.17) is 28.3 Å². The number of ether oxygens (including phenoxy) is 2. The van der Waals surface area contributed by atoms with E-state index in [-0.39, 0.29) is 0 Å². The Morgan fingerprint density at radius 1 is 1.05 bits per heavy atom. The molecule has 4 nitrogen and oxygen atoms in total. The van der Waals surface area contributed by atoms with Crippen molar-refractivity contribution in [1.29, 1.82) is 0 Å². The van der Waals surface area contributed by atoms with Gasteiger partial charge in [-0.2, -0.15) is 0 Å². The summed E-state index contributed by atoms with van der Waals surface area (Å²) < 4.78 is 10.3. The van der Waals surface area contributed by atoms with Crippen molar-refractivity contribution in [1.82, 2.24) is 0 Å². The largest absolute Gasteiger partial charge is 0.498 e. The summed E-state index contributed by atoms with van der Waals surface area (Å²) in [7, 11) is 3.18. The van der Waals surface area contributed by atoms with Crippen molar-refractivity contribution < 1.29 is 9.47 Å². The molecule has 0 fully saturated rings. The summed E-state index contributed by atoms with van der Waals surface area (Å²) in [5, 5.41) is 3.11. The zero-order valence-electron chi connectivity index (χ0n) is 11.7. The average Bonchev–Trinajstić information content (AvgIpc) is 2.54. The summed E-state index contributed by atoms with van der Waals surface area (Å²) in [4.78, 5) is 3.98. The highest BCUT2D eigenvalue weighted by Crippen LogP contribution is 2.26. The van der Waals surface area contributed by atoms with Crippen LogP contribution in [0.2, 0.25) is 0 Å². The summed E-state index contributed by atoms with van der Waals surface area (Å²) >= 11 is 5.37. The molecule has 1 N–H and O–H groups in total. The maximum atomic E-state index is 7.10. The smallest absolute Gasteiger partial charge is 0.192 e. The van der Waals surface area contributed by atoms with Crippen LogP contribution in [-0.2, 0) is 0 Å². The first-order valence-electron chi connectivity index (χ1n) is 6.18. The fourth-order valence-electron chi connectivity index (χ4n) is 1.78. The first-order valence-corrected chi connectivity index (χ1v) is 6.59. The number of benzene rings is 2. The van der Waals surface area contributed by atoms with Crippen LogP contribution in [0, 0.1) is 6.57 Å². The Balaban J connectivity index is 2.20. The van der Waals surface area contributed by atoms with Crippen molar-refractivity contribution >= 4 is 28.6 Å². The van der Waals surface area contributed by atoms with Crippen molar-refractivity contribution in [2.75, 3.05) is 19.5 Å². The molecule has 0 atom stereocenters. The lowest BCUT2D eigenvalue weighted by Gasteiger charge is -2.11. The highest BCUT2D eigenvalue weighted by atomic mass is 32.1. The molecule has 5 heteroatoms. The topological polar surface area (TPSA) is 34.9 Å². The maximum Gasteiger partial charge on any atom is 0.192 e. The lowest BCUT2D eigenvalue weighted by molar-refractivity contribution is 0.415. The van der Waals surface area contributed by atoms with Gasteiger partial charge in [-0.25, -0.2) is 4.85 Å². The molecular weight excluding hydrogens is 284 g/mol. The van der Waals surface area contributed by atoms with E-state index in [1.807, 2.05) is 24.3 Å². The van der Waals surface area contributed by atoms with Gasteiger partial charge >= 0.3 is 0 Å². The van der Waals surface area contributed by atoms with Crippen LogP contribution in [0.4, 0.5) is 11.4 Å². The SMILES string of the molecule is [C-]#[N+]c1cc(NC(=S)c2ccc(OC)cc2)cc(OC)c1. The molecule has 2 rings (SSSR count). The number of hydrogen-bond donors (Lipinski definition) is 1. The van der Waals surface area contributed by atoms with Crippen LogP contribution in [0.5, 0.6) is 11.5 Å². The quantitative estimate of drug-likeness (QED) is 0.682. The van der Waals surface area contributed by atoms with E-state index in [0.29, 0.717) is 16.4 Å². The first-order chi connectivity index (χ1) is 10.2. The van der Waals surface area contributed by atoms with Crippen LogP contribution < -0.4 is 14.8 Å². The van der Waals surface area contributed by atoms with Gasteiger partial charge in [0.1, 0.15) is 16.5 Å². The number of rotatable bonds is 4.